The SMILES string of the molecule is CCCP(=S)(NC)Oc1nc(Br)ccc1Cl. The molecule has 0 aromatic carbocycles. The zero-order chi connectivity index (χ0) is 12.2. The van der Waals surface area contributed by atoms with E-state index < -0.39 is 6.42 Å². The van der Waals surface area contributed by atoms with Crippen molar-refractivity contribution in [3.8, 4) is 5.88 Å². The minimum atomic E-state index is -2.05. The molecule has 1 aromatic heterocycles. The summed E-state index contributed by atoms with van der Waals surface area (Å²) in [4.78, 5) is 4.17. The number of hydrogen-bond acceptors (Lipinski definition) is 3. The van der Waals surface area contributed by atoms with E-state index in [4.69, 9.17) is 27.9 Å². The van der Waals surface area contributed by atoms with Gasteiger partial charge >= 0.3 is 0 Å². The fourth-order valence-corrected chi connectivity index (χ4v) is 3.77. The Labute approximate surface area is 114 Å². The normalized spacial score (nSPS) is 14.5. The van der Waals surface area contributed by atoms with Gasteiger partial charge in [0, 0.05) is 6.16 Å². The number of nitrogens with zero attached hydrogens (tertiary/aromatic N) is 1. The van der Waals surface area contributed by atoms with E-state index in [0.717, 1.165) is 12.6 Å². The highest BCUT2D eigenvalue weighted by Gasteiger charge is 2.18. The summed E-state index contributed by atoms with van der Waals surface area (Å²) in [6, 6.07) is 3.49. The standard InChI is InChI=1S/C9H13BrClN2OPS/c1-3-6-15(16,12-2)14-9-7(11)4-5-8(10)13-9/h4-5H,3,6H2,1-2H3,(H,12,16). The molecule has 1 unspecified atom stereocenters. The second kappa shape index (κ2) is 6.31. The van der Waals surface area contributed by atoms with Crippen LogP contribution in [0.2, 0.25) is 5.02 Å². The van der Waals surface area contributed by atoms with Crippen LogP contribution in [-0.2, 0) is 11.8 Å². The number of rotatable bonds is 5. The Bertz CT molecular complexity index is 418. The summed E-state index contributed by atoms with van der Waals surface area (Å²) in [5.74, 6) is 0.391. The quantitative estimate of drug-likeness (QED) is 0.651. The smallest absolute Gasteiger partial charge is 0.238 e. The fraction of sp³-hybridized carbons (Fsp3) is 0.444. The number of hydrogen-bond donors (Lipinski definition) is 1. The lowest BCUT2D eigenvalue weighted by molar-refractivity contribution is 0.572. The first-order valence-corrected chi connectivity index (χ1v) is 8.88. The van der Waals surface area contributed by atoms with E-state index in [1.165, 1.54) is 0 Å². The molecule has 0 bridgehead atoms. The first kappa shape index (κ1) is 14.4. The maximum atomic E-state index is 5.99. The molecule has 0 amide bonds. The fourth-order valence-electron chi connectivity index (χ4n) is 1.10. The number of nitrogens with one attached hydrogen (secondary N) is 1. The van der Waals surface area contributed by atoms with E-state index in [1.807, 2.05) is 7.05 Å². The molecule has 0 spiro atoms. The summed E-state index contributed by atoms with van der Waals surface area (Å²) in [6.45, 7) is 2.07. The molecule has 3 nitrogen and oxygen atoms in total. The Kier molecular flexibility index (Phi) is 5.68. The van der Waals surface area contributed by atoms with Gasteiger partial charge < -0.3 is 4.52 Å². The predicted molar refractivity (Wildman–Crippen MR) is 76.1 cm³/mol. The van der Waals surface area contributed by atoms with E-state index in [-0.39, 0.29) is 0 Å². The average molecular weight is 344 g/mol. The molecule has 90 valence electrons. The molecule has 0 aliphatic carbocycles. The van der Waals surface area contributed by atoms with E-state index in [1.54, 1.807) is 12.1 Å². The molecule has 0 saturated carbocycles. The molecule has 16 heavy (non-hydrogen) atoms. The van der Waals surface area contributed by atoms with E-state index >= 15 is 0 Å². The molecule has 1 atom stereocenters. The second-order valence-corrected chi connectivity index (χ2v) is 8.55. The highest BCUT2D eigenvalue weighted by Crippen LogP contribution is 2.44. The van der Waals surface area contributed by atoms with E-state index in [0.29, 0.717) is 15.5 Å². The summed E-state index contributed by atoms with van der Waals surface area (Å²) in [5.41, 5.74) is 0. The van der Waals surface area contributed by atoms with Gasteiger partial charge in [-0.15, -0.1) is 0 Å². The van der Waals surface area contributed by atoms with Gasteiger partial charge in [0.15, 0.2) is 6.42 Å². The van der Waals surface area contributed by atoms with Crippen molar-refractivity contribution in [1.29, 1.82) is 0 Å². The summed E-state index contributed by atoms with van der Waals surface area (Å²) in [7, 11) is 1.81. The number of aromatic nitrogens is 1. The van der Waals surface area contributed by atoms with Crippen molar-refractivity contribution >= 4 is 45.8 Å². The molecule has 1 rings (SSSR count). The molecule has 1 N–H and O–H groups in total. The van der Waals surface area contributed by atoms with Gasteiger partial charge in [0.2, 0.25) is 5.88 Å². The van der Waals surface area contributed by atoms with Crippen LogP contribution in [0.5, 0.6) is 5.88 Å². The highest BCUT2D eigenvalue weighted by molar-refractivity contribution is 9.10. The van der Waals surface area contributed by atoms with Crippen LogP contribution >= 0.6 is 33.9 Å². The third-order valence-corrected chi connectivity index (χ3v) is 6.11. The lowest BCUT2D eigenvalue weighted by Crippen LogP contribution is -2.12. The minimum Gasteiger partial charge on any atom is -0.434 e. The van der Waals surface area contributed by atoms with E-state index in [9.17, 15) is 0 Å². The zero-order valence-electron chi connectivity index (χ0n) is 9.04. The molecule has 0 aliphatic rings. The third-order valence-electron chi connectivity index (χ3n) is 1.87. The van der Waals surface area contributed by atoms with Crippen LogP contribution < -0.4 is 9.61 Å². The summed E-state index contributed by atoms with van der Waals surface area (Å²) >= 11 is 14.7. The van der Waals surface area contributed by atoms with Crippen LogP contribution in [0.1, 0.15) is 13.3 Å². The Morgan fingerprint density at radius 3 is 2.88 bits per heavy atom. The van der Waals surface area contributed by atoms with Gasteiger partial charge in [-0.25, -0.2) is 4.98 Å². The Morgan fingerprint density at radius 1 is 1.62 bits per heavy atom. The molecular weight excluding hydrogens is 331 g/mol. The maximum absolute atomic E-state index is 5.99. The molecule has 0 aliphatic heterocycles. The molecule has 0 radical (unpaired) electrons. The Hall–Kier alpha value is 0.330. The first-order chi connectivity index (χ1) is 7.50. The Balaban J connectivity index is 2.94. The number of halogens is 2. The third kappa shape index (κ3) is 3.97. The lowest BCUT2D eigenvalue weighted by atomic mass is 10.5. The van der Waals surface area contributed by atoms with Gasteiger partial charge in [0.05, 0.1) is 0 Å². The van der Waals surface area contributed by atoms with Crippen molar-refractivity contribution in [2.45, 2.75) is 13.3 Å². The molecular formula is C9H13BrClN2OPS. The van der Waals surface area contributed by atoms with Crippen LogP contribution in [-0.4, -0.2) is 18.2 Å². The van der Waals surface area contributed by atoms with Crippen molar-refractivity contribution < 1.29 is 4.52 Å². The largest absolute Gasteiger partial charge is 0.434 e. The summed E-state index contributed by atoms with van der Waals surface area (Å²) < 4.78 is 6.43. The first-order valence-electron chi connectivity index (χ1n) is 4.80. The van der Waals surface area contributed by atoms with Crippen LogP contribution in [0.25, 0.3) is 0 Å². The van der Waals surface area contributed by atoms with Gasteiger partial charge in [-0.2, -0.15) is 0 Å². The highest BCUT2D eigenvalue weighted by atomic mass is 79.9. The monoisotopic (exact) mass is 342 g/mol. The average Bonchev–Trinajstić information content (AvgIpc) is 2.24. The van der Waals surface area contributed by atoms with Gasteiger partial charge in [-0.05, 0) is 53.3 Å². The lowest BCUT2D eigenvalue weighted by Gasteiger charge is -2.21. The van der Waals surface area contributed by atoms with Gasteiger partial charge in [0.1, 0.15) is 9.63 Å². The second-order valence-electron chi connectivity index (χ2n) is 3.13. The van der Waals surface area contributed by atoms with E-state index in [2.05, 4.69) is 32.9 Å². The van der Waals surface area contributed by atoms with Crippen molar-refractivity contribution in [3.05, 3.63) is 21.8 Å². The van der Waals surface area contributed by atoms with Crippen LogP contribution in [0.3, 0.4) is 0 Å². The maximum Gasteiger partial charge on any atom is 0.238 e. The van der Waals surface area contributed by atoms with Crippen LogP contribution in [0.15, 0.2) is 16.7 Å². The zero-order valence-corrected chi connectivity index (χ0v) is 13.1. The molecule has 0 saturated heterocycles. The van der Waals surface area contributed by atoms with Gasteiger partial charge in [0.25, 0.3) is 0 Å². The van der Waals surface area contributed by atoms with Crippen molar-refractivity contribution in [1.82, 2.24) is 10.1 Å². The topological polar surface area (TPSA) is 34.1 Å². The molecule has 1 aromatic rings. The van der Waals surface area contributed by atoms with Crippen LogP contribution in [0.4, 0.5) is 0 Å². The molecule has 0 fully saturated rings. The number of pyridine rings is 1. The molecule has 1 heterocycles. The minimum absolute atomic E-state index is 0.391. The van der Waals surface area contributed by atoms with Gasteiger partial charge in [-0.1, -0.05) is 18.5 Å². The summed E-state index contributed by atoms with van der Waals surface area (Å²) in [6.07, 6.45) is -0.282. The predicted octanol–water partition coefficient (Wildman–Crippen LogP) is 3.82. The van der Waals surface area contributed by atoms with Crippen LogP contribution in [0, 0.1) is 0 Å². The van der Waals surface area contributed by atoms with Crippen molar-refractivity contribution in [2.24, 2.45) is 0 Å². The molecule has 7 heteroatoms. The van der Waals surface area contributed by atoms with Gasteiger partial charge in [-0.3, -0.25) is 5.09 Å². The Morgan fingerprint density at radius 2 is 2.31 bits per heavy atom. The summed E-state index contributed by atoms with van der Waals surface area (Å²) in [5, 5.41) is 3.54. The van der Waals surface area contributed by atoms with Crippen molar-refractivity contribution in [3.63, 3.8) is 0 Å². The van der Waals surface area contributed by atoms with Crippen molar-refractivity contribution in [2.75, 3.05) is 13.2 Å².